The Morgan fingerprint density at radius 3 is 2.11 bits per heavy atom. The summed E-state index contributed by atoms with van der Waals surface area (Å²) in [6.07, 6.45) is 0.0782. The van der Waals surface area contributed by atoms with E-state index in [2.05, 4.69) is 63.4 Å². The highest BCUT2D eigenvalue weighted by Gasteiger charge is 2.28. The summed E-state index contributed by atoms with van der Waals surface area (Å²) < 4.78 is 13.1. The minimum absolute atomic E-state index is 0.0341. The van der Waals surface area contributed by atoms with Crippen LogP contribution in [0.2, 0.25) is 0 Å². The first kappa shape index (κ1) is 25.9. The van der Waals surface area contributed by atoms with E-state index < -0.39 is 0 Å². The third-order valence-corrected chi connectivity index (χ3v) is 7.60. The number of aromatic amines is 1. The fourth-order valence-electron chi connectivity index (χ4n) is 4.76. The number of nitrogens with zero attached hydrogens (tertiary/aromatic N) is 3. The number of benzene rings is 3. The Morgan fingerprint density at radius 2 is 1.50 bits per heavy atom. The molecule has 1 amide bonds. The van der Waals surface area contributed by atoms with Crippen LogP contribution in [0, 0.1) is 5.82 Å². The van der Waals surface area contributed by atoms with Gasteiger partial charge in [-0.05, 0) is 28.8 Å². The SMILES string of the molecule is O=C(Cc1cc(=O)[nH]c(SCc2ccc(F)cc2)n1)N1CCN(C(c2ccccc2)c2ccccc2)CC1. The predicted molar refractivity (Wildman–Crippen MR) is 147 cm³/mol. The Hall–Kier alpha value is -3.75. The Balaban J connectivity index is 1.21. The van der Waals surface area contributed by atoms with Crippen molar-refractivity contribution in [3.63, 3.8) is 0 Å². The fourth-order valence-corrected chi connectivity index (χ4v) is 5.61. The maximum absolute atomic E-state index is 13.1. The van der Waals surface area contributed by atoms with E-state index in [1.54, 1.807) is 12.1 Å². The molecule has 38 heavy (non-hydrogen) atoms. The third kappa shape index (κ3) is 6.57. The van der Waals surface area contributed by atoms with E-state index >= 15 is 0 Å². The minimum atomic E-state index is -0.290. The molecule has 0 unspecified atom stereocenters. The first-order valence-corrected chi connectivity index (χ1v) is 13.6. The van der Waals surface area contributed by atoms with Gasteiger partial charge in [-0.15, -0.1) is 0 Å². The lowest BCUT2D eigenvalue weighted by Gasteiger charge is -2.39. The van der Waals surface area contributed by atoms with Crippen molar-refractivity contribution in [1.29, 1.82) is 0 Å². The second kappa shape index (κ2) is 12.2. The van der Waals surface area contributed by atoms with Gasteiger partial charge < -0.3 is 9.88 Å². The summed E-state index contributed by atoms with van der Waals surface area (Å²) in [5.74, 6) is 0.211. The van der Waals surface area contributed by atoms with Gasteiger partial charge >= 0.3 is 0 Å². The van der Waals surface area contributed by atoms with Crippen molar-refractivity contribution < 1.29 is 9.18 Å². The molecule has 5 rings (SSSR count). The molecule has 6 nitrogen and oxygen atoms in total. The summed E-state index contributed by atoms with van der Waals surface area (Å²) in [6.45, 7) is 2.73. The average molecular weight is 529 g/mol. The van der Waals surface area contributed by atoms with Gasteiger partial charge in [0.1, 0.15) is 5.82 Å². The zero-order chi connectivity index (χ0) is 26.3. The zero-order valence-corrected chi connectivity index (χ0v) is 21.7. The summed E-state index contributed by atoms with van der Waals surface area (Å²) in [6, 6.07) is 28.6. The molecule has 194 valence electrons. The highest BCUT2D eigenvalue weighted by molar-refractivity contribution is 7.98. The molecule has 4 aromatic rings. The van der Waals surface area contributed by atoms with Gasteiger partial charge in [-0.3, -0.25) is 14.5 Å². The monoisotopic (exact) mass is 528 g/mol. The van der Waals surface area contributed by atoms with E-state index in [9.17, 15) is 14.0 Å². The number of nitrogens with one attached hydrogen (secondary N) is 1. The number of amides is 1. The number of thioether (sulfide) groups is 1. The predicted octanol–water partition coefficient (Wildman–Crippen LogP) is 4.68. The van der Waals surface area contributed by atoms with Crippen molar-refractivity contribution in [2.75, 3.05) is 26.2 Å². The Kier molecular flexibility index (Phi) is 8.31. The summed E-state index contributed by atoms with van der Waals surface area (Å²) in [7, 11) is 0. The Morgan fingerprint density at radius 1 is 0.895 bits per heavy atom. The smallest absolute Gasteiger partial charge is 0.251 e. The van der Waals surface area contributed by atoms with E-state index in [0.29, 0.717) is 29.7 Å². The number of halogens is 1. The van der Waals surface area contributed by atoms with Crippen LogP contribution in [0.5, 0.6) is 0 Å². The molecule has 0 bridgehead atoms. The van der Waals surface area contributed by atoms with E-state index in [-0.39, 0.29) is 29.7 Å². The quantitative estimate of drug-likeness (QED) is 0.266. The van der Waals surface area contributed by atoms with Gasteiger partial charge in [0.2, 0.25) is 5.91 Å². The molecule has 0 atom stereocenters. The van der Waals surface area contributed by atoms with E-state index in [4.69, 9.17) is 0 Å². The molecule has 1 aromatic heterocycles. The number of hydrogen-bond acceptors (Lipinski definition) is 5. The lowest BCUT2D eigenvalue weighted by atomic mass is 9.96. The molecular weight excluding hydrogens is 499 g/mol. The van der Waals surface area contributed by atoms with Crippen LogP contribution in [0.4, 0.5) is 4.39 Å². The normalized spacial score (nSPS) is 14.1. The standard InChI is InChI=1S/C30H29FN4O2S/c31-25-13-11-22(12-14-25)21-38-30-32-26(19-27(36)33-30)20-28(37)34-15-17-35(18-16-34)29(23-7-3-1-4-8-23)24-9-5-2-6-10-24/h1-14,19,29H,15-18,20-21H2,(H,32,33,36). The molecule has 0 aliphatic carbocycles. The van der Waals surface area contributed by atoms with Gasteiger partial charge in [-0.1, -0.05) is 84.6 Å². The number of piperazine rings is 1. The third-order valence-electron chi connectivity index (χ3n) is 6.66. The second-order valence-electron chi connectivity index (χ2n) is 9.27. The molecule has 0 radical (unpaired) electrons. The molecule has 1 aliphatic heterocycles. The van der Waals surface area contributed by atoms with E-state index in [1.165, 1.54) is 41.1 Å². The van der Waals surface area contributed by atoms with Crippen molar-refractivity contribution in [2.24, 2.45) is 0 Å². The van der Waals surface area contributed by atoms with Crippen LogP contribution in [0.3, 0.4) is 0 Å². The highest BCUT2D eigenvalue weighted by Crippen LogP contribution is 2.29. The zero-order valence-electron chi connectivity index (χ0n) is 20.9. The first-order valence-electron chi connectivity index (χ1n) is 12.6. The van der Waals surface area contributed by atoms with Crippen LogP contribution in [0.15, 0.2) is 101 Å². The molecule has 2 heterocycles. The van der Waals surface area contributed by atoms with Crippen molar-refractivity contribution >= 4 is 17.7 Å². The number of carbonyl (C=O) groups is 1. The van der Waals surface area contributed by atoms with Crippen LogP contribution >= 0.6 is 11.8 Å². The maximum Gasteiger partial charge on any atom is 0.251 e. The van der Waals surface area contributed by atoms with Crippen LogP contribution in [0.25, 0.3) is 0 Å². The van der Waals surface area contributed by atoms with E-state index in [0.717, 1.165) is 18.7 Å². The maximum atomic E-state index is 13.1. The number of rotatable bonds is 8. The molecule has 1 saturated heterocycles. The topological polar surface area (TPSA) is 69.3 Å². The van der Waals surface area contributed by atoms with Gasteiger partial charge in [-0.2, -0.15) is 0 Å². The highest BCUT2D eigenvalue weighted by atomic mass is 32.2. The fraction of sp³-hybridized carbons (Fsp3) is 0.233. The lowest BCUT2D eigenvalue weighted by Crippen LogP contribution is -2.50. The number of aromatic nitrogens is 2. The van der Waals surface area contributed by atoms with Crippen LogP contribution < -0.4 is 5.56 Å². The van der Waals surface area contributed by atoms with Gasteiger partial charge in [0.15, 0.2) is 5.16 Å². The molecule has 0 saturated carbocycles. The Bertz CT molecular complexity index is 1370. The first-order chi connectivity index (χ1) is 18.5. The van der Waals surface area contributed by atoms with Gasteiger partial charge in [0.25, 0.3) is 5.56 Å². The average Bonchev–Trinajstić information content (AvgIpc) is 2.94. The Labute approximate surface area is 225 Å². The van der Waals surface area contributed by atoms with Crippen molar-refractivity contribution in [2.45, 2.75) is 23.4 Å². The molecule has 1 aliphatic rings. The van der Waals surface area contributed by atoms with Crippen LogP contribution in [-0.4, -0.2) is 51.9 Å². The second-order valence-corrected chi connectivity index (χ2v) is 10.2. The van der Waals surface area contributed by atoms with E-state index in [1.807, 2.05) is 17.0 Å². The molecule has 1 fully saturated rings. The van der Waals surface area contributed by atoms with Gasteiger partial charge in [-0.25, -0.2) is 9.37 Å². The molecule has 0 spiro atoms. The van der Waals surface area contributed by atoms with Crippen molar-refractivity contribution in [3.8, 4) is 0 Å². The molecule has 3 aromatic carbocycles. The summed E-state index contributed by atoms with van der Waals surface area (Å²) in [5, 5.41) is 0.447. The summed E-state index contributed by atoms with van der Waals surface area (Å²) >= 11 is 1.35. The number of carbonyl (C=O) groups excluding carboxylic acids is 1. The summed E-state index contributed by atoms with van der Waals surface area (Å²) in [5.41, 5.74) is 3.55. The number of H-pyrrole nitrogens is 1. The molecular formula is C30H29FN4O2S. The van der Waals surface area contributed by atoms with Crippen LogP contribution in [0.1, 0.15) is 28.4 Å². The van der Waals surface area contributed by atoms with Crippen molar-refractivity contribution in [1.82, 2.24) is 19.8 Å². The van der Waals surface area contributed by atoms with Gasteiger partial charge in [0.05, 0.1) is 18.2 Å². The molecule has 1 N–H and O–H groups in total. The van der Waals surface area contributed by atoms with Gasteiger partial charge in [0, 0.05) is 38.0 Å². The molecule has 8 heteroatoms. The largest absolute Gasteiger partial charge is 0.340 e. The van der Waals surface area contributed by atoms with Crippen LogP contribution in [-0.2, 0) is 17.0 Å². The summed E-state index contributed by atoms with van der Waals surface area (Å²) in [4.78, 5) is 36.9. The minimum Gasteiger partial charge on any atom is -0.340 e. The number of hydrogen-bond donors (Lipinski definition) is 1. The lowest BCUT2D eigenvalue weighted by molar-refractivity contribution is -0.132. The van der Waals surface area contributed by atoms with Crippen molar-refractivity contribution in [3.05, 3.63) is 130 Å².